The summed E-state index contributed by atoms with van der Waals surface area (Å²) in [5.41, 5.74) is 1.22. The van der Waals surface area contributed by atoms with Gasteiger partial charge in [-0.2, -0.15) is 0 Å². The van der Waals surface area contributed by atoms with E-state index in [0.29, 0.717) is 36.8 Å². The van der Waals surface area contributed by atoms with Gasteiger partial charge >= 0.3 is 6.03 Å². The average Bonchev–Trinajstić information content (AvgIpc) is 2.80. The standard InChI is InChI=1S/C23H24BrN5O3/c24-16-6-7-20-19(14-16)22(31)29(15-25-20)13-10-21(30)26-18-8-11-28(12-9-18)23(32)27-17-4-2-1-3-5-17/h1-7,14-15,18H,8-13H2,(H,26,30)(H,27,32). The van der Waals surface area contributed by atoms with Gasteiger partial charge in [0.2, 0.25) is 5.91 Å². The summed E-state index contributed by atoms with van der Waals surface area (Å²) in [5, 5.41) is 6.43. The molecule has 1 aromatic heterocycles. The Labute approximate surface area is 193 Å². The number of benzene rings is 2. The van der Waals surface area contributed by atoms with Gasteiger partial charge in [-0.25, -0.2) is 9.78 Å². The molecule has 0 unspecified atom stereocenters. The smallest absolute Gasteiger partial charge is 0.321 e. The molecule has 166 valence electrons. The lowest BCUT2D eigenvalue weighted by atomic mass is 10.1. The maximum absolute atomic E-state index is 12.6. The van der Waals surface area contributed by atoms with Crippen molar-refractivity contribution in [1.82, 2.24) is 19.8 Å². The second-order valence-electron chi connectivity index (χ2n) is 7.78. The maximum Gasteiger partial charge on any atom is 0.321 e. The van der Waals surface area contributed by atoms with Gasteiger partial charge < -0.3 is 15.5 Å². The normalized spacial score (nSPS) is 14.3. The lowest BCUT2D eigenvalue weighted by molar-refractivity contribution is -0.122. The van der Waals surface area contributed by atoms with Crippen LogP contribution in [0.1, 0.15) is 19.3 Å². The number of rotatable bonds is 5. The van der Waals surface area contributed by atoms with Gasteiger partial charge in [0.25, 0.3) is 5.56 Å². The summed E-state index contributed by atoms with van der Waals surface area (Å²) < 4.78 is 2.27. The monoisotopic (exact) mass is 497 g/mol. The third-order valence-electron chi connectivity index (χ3n) is 5.54. The minimum Gasteiger partial charge on any atom is -0.353 e. The van der Waals surface area contributed by atoms with Gasteiger partial charge in [0.05, 0.1) is 17.2 Å². The zero-order valence-corrected chi connectivity index (χ0v) is 19.0. The fourth-order valence-electron chi connectivity index (χ4n) is 3.76. The highest BCUT2D eigenvalue weighted by molar-refractivity contribution is 9.10. The van der Waals surface area contributed by atoms with Crippen LogP contribution in [0.2, 0.25) is 0 Å². The van der Waals surface area contributed by atoms with Crippen molar-refractivity contribution in [2.75, 3.05) is 18.4 Å². The summed E-state index contributed by atoms with van der Waals surface area (Å²) in [4.78, 5) is 43.5. The van der Waals surface area contributed by atoms with Crippen LogP contribution in [0, 0.1) is 0 Å². The van der Waals surface area contributed by atoms with E-state index in [4.69, 9.17) is 0 Å². The van der Waals surface area contributed by atoms with E-state index in [9.17, 15) is 14.4 Å². The van der Waals surface area contributed by atoms with E-state index in [0.717, 1.165) is 10.2 Å². The Bertz CT molecular complexity index is 1170. The molecular weight excluding hydrogens is 474 g/mol. The van der Waals surface area contributed by atoms with Gasteiger partial charge in [-0.15, -0.1) is 0 Å². The van der Waals surface area contributed by atoms with Gasteiger partial charge in [-0.1, -0.05) is 34.1 Å². The minimum atomic E-state index is -0.165. The molecule has 0 bridgehead atoms. The highest BCUT2D eigenvalue weighted by atomic mass is 79.9. The van der Waals surface area contributed by atoms with Crippen LogP contribution in [0.25, 0.3) is 10.9 Å². The van der Waals surface area contributed by atoms with Crippen molar-refractivity contribution >= 4 is 44.5 Å². The number of hydrogen-bond acceptors (Lipinski definition) is 4. The zero-order chi connectivity index (χ0) is 22.5. The van der Waals surface area contributed by atoms with Crippen molar-refractivity contribution in [2.45, 2.75) is 31.8 Å². The second-order valence-corrected chi connectivity index (χ2v) is 8.70. The van der Waals surface area contributed by atoms with Crippen molar-refractivity contribution in [2.24, 2.45) is 0 Å². The number of para-hydroxylation sites is 1. The van der Waals surface area contributed by atoms with Crippen LogP contribution >= 0.6 is 15.9 Å². The second kappa shape index (κ2) is 9.95. The number of halogens is 1. The number of aromatic nitrogens is 2. The fraction of sp³-hybridized carbons (Fsp3) is 0.304. The summed E-state index contributed by atoms with van der Waals surface area (Å²) >= 11 is 3.37. The molecule has 0 radical (unpaired) electrons. The van der Waals surface area contributed by atoms with Gasteiger partial charge in [-0.05, 0) is 43.2 Å². The number of urea groups is 1. The van der Waals surface area contributed by atoms with Crippen molar-refractivity contribution < 1.29 is 9.59 Å². The number of anilines is 1. The summed E-state index contributed by atoms with van der Waals surface area (Å²) in [7, 11) is 0. The van der Waals surface area contributed by atoms with Gasteiger partial charge in [0.15, 0.2) is 0 Å². The summed E-state index contributed by atoms with van der Waals surface area (Å²) in [6, 6.07) is 14.6. The molecule has 1 aliphatic rings. The first-order valence-corrected chi connectivity index (χ1v) is 11.3. The largest absolute Gasteiger partial charge is 0.353 e. The lowest BCUT2D eigenvalue weighted by Gasteiger charge is -2.32. The van der Waals surface area contributed by atoms with Crippen LogP contribution in [0.4, 0.5) is 10.5 Å². The lowest BCUT2D eigenvalue weighted by Crippen LogP contribution is -2.47. The van der Waals surface area contributed by atoms with Crippen LogP contribution in [-0.2, 0) is 11.3 Å². The number of amides is 3. The van der Waals surface area contributed by atoms with Crippen LogP contribution in [0.5, 0.6) is 0 Å². The highest BCUT2D eigenvalue weighted by Crippen LogP contribution is 2.15. The number of piperidine rings is 1. The quantitative estimate of drug-likeness (QED) is 0.564. The molecule has 2 aromatic carbocycles. The van der Waals surface area contributed by atoms with Crippen LogP contribution in [0.3, 0.4) is 0 Å². The van der Waals surface area contributed by atoms with Crippen LogP contribution < -0.4 is 16.2 Å². The van der Waals surface area contributed by atoms with Crippen LogP contribution in [0.15, 0.2) is 64.1 Å². The number of likely N-dealkylation sites (tertiary alicyclic amines) is 1. The Morgan fingerprint density at radius 1 is 1.09 bits per heavy atom. The van der Waals surface area contributed by atoms with Crippen molar-refractivity contribution in [3.8, 4) is 0 Å². The SMILES string of the molecule is O=C(CCn1cnc2ccc(Br)cc2c1=O)NC1CCN(C(=O)Nc2ccccc2)CC1. The molecule has 2 heterocycles. The van der Waals surface area contributed by atoms with Crippen molar-refractivity contribution in [1.29, 1.82) is 0 Å². The Hall–Kier alpha value is -3.20. The first kappa shape index (κ1) is 22.0. The first-order chi connectivity index (χ1) is 15.5. The summed E-state index contributed by atoms with van der Waals surface area (Å²) in [6.45, 7) is 1.41. The van der Waals surface area contributed by atoms with E-state index in [1.807, 2.05) is 36.4 Å². The number of fused-ring (bicyclic) bond motifs is 1. The molecule has 0 saturated carbocycles. The van der Waals surface area contributed by atoms with Gasteiger partial charge in [-0.3, -0.25) is 14.2 Å². The van der Waals surface area contributed by atoms with Gasteiger partial charge in [0.1, 0.15) is 0 Å². The molecule has 4 rings (SSSR count). The van der Waals surface area contributed by atoms with Gasteiger partial charge in [0, 0.05) is 42.3 Å². The number of hydrogen-bond donors (Lipinski definition) is 2. The Balaban J connectivity index is 1.25. The number of nitrogens with zero attached hydrogens (tertiary/aromatic N) is 3. The Kier molecular flexibility index (Phi) is 6.84. The number of carbonyl (C=O) groups excluding carboxylic acids is 2. The third-order valence-corrected chi connectivity index (χ3v) is 6.03. The summed E-state index contributed by atoms with van der Waals surface area (Å²) in [6.07, 6.45) is 3.06. The van der Waals surface area contributed by atoms with E-state index in [-0.39, 0.29) is 36.5 Å². The molecule has 9 heteroatoms. The zero-order valence-electron chi connectivity index (χ0n) is 17.5. The molecule has 3 aromatic rings. The summed E-state index contributed by atoms with van der Waals surface area (Å²) in [5.74, 6) is -0.113. The third kappa shape index (κ3) is 5.34. The molecule has 3 amide bonds. The molecule has 1 aliphatic heterocycles. The van der Waals surface area contributed by atoms with E-state index in [1.165, 1.54) is 10.9 Å². The fourth-order valence-corrected chi connectivity index (χ4v) is 4.12. The minimum absolute atomic E-state index is 0.0191. The van der Waals surface area contributed by atoms with E-state index >= 15 is 0 Å². The molecule has 32 heavy (non-hydrogen) atoms. The molecule has 1 saturated heterocycles. The molecular formula is C23H24BrN5O3. The molecule has 2 N–H and O–H groups in total. The molecule has 8 nitrogen and oxygen atoms in total. The van der Waals surface area contributed by atoms with Crippen molar-refractivity contribution in [3.63, 3.8) is 0 Å². The highest BCUT2D eigenvalue weighted by Gasteiger charge is 2.24. The number of nitrogens with one attached hydrogen (secondary N) is 2. The molecule has 0 atom stereocenters. The van der Waals surface area contributed by atoms with E-state index < -0.39 is 0 Å². The van der Waals surface area contributed by atoms with E-state index in [1.54, 1.807) is 17.0 Å². The molecule has 0 aliphatic carbocycles. The molecule has 1 fully saturated rings. The maximum atomic E-state index is 12.6. The van der Waals surface area contributed by atoms with Crippen molar-refractivity contribution in [3.05, 3.63) is 69.7 Å². The van der Waals surface area contributed by atoms with Crippen LogP contribution in [-0.4, -0.2) is 45.5 Å². The Morgan fingerprint density at radius 3 is 2.59 bits per heavy atom. The first-order valence-electron chi connectivity index (χ1n) is 10.5. The number of aryl methyl sites for hydroxylation is 1. The predicted octanol–water partition coefficient (Wildman–Crippen LogP) is 3.36. The predicted molar refractivity (Wildman–Crippen MR) is 127 cm³/mol. The Morgan fingerprint density at radius 2 is 1.84 bits per heavy atom. The number of carbonyl (C=O) groups is 2. The molecule has 0 spiro atoms. The average molecular weight is 498 g/mol. The van der Waals surface area contributed by atoms with E-state index in [2.05, 4.69) is 31.5 Å². The topological polar surface area (TPSA) is 96.3 Å².